The Hall–Kier alpha value is -1.13. The van der Waals surface area contributed by atoms with E-state index in [1.165, 1.54) is 6.07 Å². The first-order chi connectivity index (χ1) is 9.56. The van der Waals surface area contributed by atoms with Crippen LogP contribution in [0.15, 0.2) is 12.1 Å². The number of aliphatic hydroxyl groups excluding tert-OH is 1. The molecule has 0 radical (unpaired) electrons. The molecule has 1 unspecified atom stereocenters. The van der Waals surface area contributed by atoms with Crippen LogP contribution in [0.3, 0.4) is 0 Å². The standard InChI is InChI=1S/C16H23ClFNO2/c1-9(2)14(20)16(4,5)8-19-15(21)11-6-10(3)13(18)7-12(11)17/h6-7,9,14,20H,8H2,1-5H3,(H,19,21). The van der Waals surface area contributed by atoms with Crippen molar-refractivity contribution >= 4 is 17.5 Å². The smallest absolute Gasteiger partial charge is 0.252 e. The molecule has 1 aromatic carbocycles. The van der Waals surface area contributed by atoms with Crippen LogP contribution in [0.25, 0.3) is 0 Å². The third kappa shape index (κ3) is 4.42. The zero-order valence-corrected chi connectivity index (χ0v) is 13.9. The van der Waals surface area contributed by atoms with Gasteiger partial charge in [-0.05, 0) is 30.5 Å². The first kappa shape index (κ1) is 17.9. The number of nitrogens with one attached hydrogen (secondary N) is 1. The first-order valence-electron chi connectivity index (χ1n) is 6.98. The van der Waals surface area contributed by atoms with Gasteiger partial charge < -0.3 is 10.4 Å². The van der Waals surface area contributed by atoms with Crippen LogP contribution in [0.1, 0.15) is 43.6 Å². The molecule has 0 saturated carbocycles. The minimum Gasteiger partial charge on any atom is -0.392 e. The van der Waals surface area contributed by atoms with Crippen LogP contribution >= 0.6 is 11.6 Å². The number of carbonyl (C=O) groups is 1. The zero-order chi connectivity index (χ0) is 16.4. The number of hydrogen-bond acceptors (Lipinski definition) is 2. The van der Waals surface area contributed by atoms with E-state index in [9.17, 15) is 14.3 Å². The van der Waals surface area contributed by atoms with Gasteiger partial charge in [0.05, 0.1) is 16.7 Å². The molecule has 1 amide bonds. The lowest BCUT2D eigenvalue weighted by atomic mass is 9.80. The molecule has 0 aliphatic heterocycles. The molecule has 1 rings (SSSR count). The summed E-state index contributed by atoms with van der Waals surface area (Å²) in [6.07, 6.45) is -0.539. The predicted octanol–water partition coefficient (Wildman–Crippen LogP) is 3.56. The fourth-order valence-electron chi connectivity index (χ4n) is 2.24. The van der Waals surface area contributed by atoms with E-state index in [-0.39, 0.29) is 22.4 Å². The topological polar surface area (TPSA) is 49.3 Å². The summed E-state index contributed by atoms with van der Waals surface area (Å²) in [4.78, 5) is 12.2. The van der Waals surface area contributed by atoms with Gasteiger partial charge in [0.2, 0.25) is 0 Å². The fourth-order valence-corrected chi connectivity index (χ4v) is 2.48. The van der Waals surface area contributed by atoms with Crippen molar-refractivity contribution < 1.29 is 14.3 Å². The van der Waals surface area contributed by atoms with Crippen LogP contribution in [-0.4, -0.2) is 23.7 Å². The van der Waals surface area contributed by atoms with Gasteiger partial charge in [-0.3, -0.25) is 4.79 Å². The molecular formula is C16H23ClFNO2. The molecule has 1 atom stereocenters. The summed E-state index contributed by atoms with van der Waals surface area (Å²) in [5.41, 5.74) is 0.141. The van der Waals surface area contributed by atoms with Crippen molar-refractivity contribution in [3.8, 4) is 0 Å². The average Bonchev–Trinajstić information content (AvgIpc) is 2.39. The lowest BCUT2D eigenvalue weighted by molar-refractivity contribution is 0.0138. The molecule has 3 nitrogen and oxygen atoms in total. The van der Waals surface area contributed by atoms with Crippen LogP contribution in [0.5, 0.6) is 0 Å². The number of halogens is 2. The van der Waals surface area contributed by atoms with E-state index in [1.807, 2.05) is 27.7 Å². The maximum atomic E-state index is 13.3. The molecule has 0 aromatic heterocycles. The van der Waals surface area contributed by atoms with Crippen molar-refractivity contribution in [3.05, 3.63) is 34.1 Å². The van der Waals surface area contributed by atoms with Crippen LogP contribution < -0.4 is 5.32 Å². The highest BCUT2D eigenvalue weighted by Gasteiger charge is 2.30. The molecular weight excluding hydrogens is 293 g/mol. The monoisotopic (exact) mass is 315 g/mol. The van der Waals surface area contributed by atoms with Crippen LogP contribution in [-0.2, 0) is 0 Å². The quantitative estimate of drug-likeness (QED) is 0.873. The molecule has 1 aromatic rings. The second-order valence-corrected chi connectivity index (χ2v) is 6.85. The highest BCUT2D eigenvalue weighted by molar-refractivity contribution is 6.33. The molecule has 2 N–H and O–H groups in total. The Kier molecular flexibility index (Phi) is 5.76. The van der Waals surface area contributed by atoms with Gasteiger partial charge in [-0.1, -0.05) is 39.3 Å². The third-order valence-corrected chi connectivity index (χ3v) is 3.94. The zero-order valence-electron chi connectivity index (χ0n) is 13.1. The number of aliphatic hydroxyl groups is 1. The third-order valence-electron chi connectivity index (χ3n) is 3.63. The Bertz CT molecular complexity index is 529. The number of aryl methyl sites for hydroxylation is 1. The van der Waals surface area contributed by atoms with E-state index >= 15 is 0 Å². The van der Waals surface area contributed by atoms with Gasteiger partial charge in [0.15, 0.2) is 0 Å². The minimum atomic E-state index is -0.539. The van der Waals surface area contributed by atoms with Crippen LogP contribution in [0.4, 0.5) is 4.39 Å². The van der Waals surface area contributed by atoms with E-state index in [4.69, 9.17) is 11.6 Å². The average molecular weight is 316 g/mol. The number of rotatable bonds is 5. The Morgan fingerprint density at radius 1 is 1.43 bits per heavy atom. The summed E-state index contributed by atoms with van der Waals surface area (Å²) >= 11 is 5.91. The molecule has 0 spiro atoms. The fraction of sp³-hybridized carbons (Fsp3) is 0.562. The summed E-state index contributed by atoms with van der Waals surface area (Å²) in [6.45, 7) is 9.50. The maximum Gasteiger partial charge on any atom is 0.252 e. The van der Waals surface area contributed by atoms with E-state index in [2.05, 4.69) is 5.32 Å². The SMILES string of the molecule is Cc1cc(C(=O)NCC(C)(C)C(O)C(C)C)c(Cl)cc1F. The highest BCUT2D eigenvalue weighted by Crippen LogP contribution is 2.26. The summed E-state index contributed by atoms with van der Waals surface area (Å²) in [5, 5.41) is 13.0. The van der Waals surface area contributed by atoms with Gasteiger partial charge in [-0.2, -0.15) is 0 Å². The highest BCUT2D eigenvalue weighted by atomic mass is 35.5. The Labute approximate surface area is 130 Å². The van der Waals surface area contributed by atoms with E-state index in [0.717, 1.165) is 6.07 Å². The molecule has 0 aliphatic rings. The first-order valence-corrected chi connectivity index (χ1v) is 7.36. The maximum absolute atomic E-state index is 13.3. The van der Waals surface area contributed by atoms with Gasteiger partial charge in [-0.15, -0.1) is 0 Å². The van der Waals surface area contributed by atoms with Crippen LogP contribution in [0, 0.1) is 24.1 Å². The lowest BCUT2D eigenvalue weighted by Crippen LogP contribution is -2.43. The van der Waals surface area contributed by atoms with Crippen molar-refractivity contribution in [1.29, 1.82) is 0 Å². The number of benzene rings is 1. The molecule has 0 heterocycles. The second-order valence-electron chi connectivity index (χ2n) is 6.44. The summed E-state index contributed by atoms with van der Waals surface area (Å²) in [7, 11) is 0. The largest absolute Gasteiger partial charge is 0.392 e. The number of hydrogen-bond donors (Lipinski definition) is 2. The minimum absolute atomic E-state index is 0.0813. The number of carbonyl (C=O) groups excluding carboxylic acids is 1. The molecule has 0 aliphatic carbocycles. The van der Waals surface area contributed by atoms with E-state index in [0.29, 0.717) is 12.1 Å². The summed E-state index contributed by atoms with van der Waals surface area (Å²) in [6, 6.07) is 2.57. The second kappa shape index (κ2) is 6.75. The van der Waals surface area contributed by atoms with E-state index < -0.39 is 17.3 Å². The van der Waals surface area contributed by atoms with Crippen molar-refractivity contribution in [2.75, 3.05) is 6.54 Å². The Balaban J connectivity index is 2.81. The Morgan fingerprint density at radius 2 is 2.00 bits per heavy atom. The van der Waals surface area contributed by atoms with Gasteiger partial charge in [0, 0.05) is 12.0 Å². The normalized spacial score (nSPS) is 13.4. The molecule has 21 heavy (non-hydrogen) atoms. The van der Waals surface area contributed by atoms with Gasteiger partial charge in [0.25, 0.3) is 5.91 Å². The molecule has 0 bridgehead atoms. The van der Waals surface area contributed by atoms with Gasteiger partial charge in [0.1, 0.15) is 5.82 Å². The molecule has 0 saturated heterocycles. The van der Waals surface area contributed by atoms with Gasteiger partial charge in [-0.25, -0.2) is 4.39 Å². The predicted molar refractivity (Wildman–Crippen MR) is 83.1 cm³/mol. The molecule has 0 fully saturated rings. The summed E-state index contributed by atoms with van der Waals surface area (Å²) in [5.74, 6) is -0.715. The van der Waals surface area contributed by atoms with Crippen molar-refractivity contribution in [1.82, 2.24) is 5.32 Å². The molecule has 118 valence electrons. The van der Waals surface area contributed by atoms with Crippen molar-refractivity contribution in [2.45, 2.75) is 40.7 Å². The summed E-state index contributed by atoms with van der Waals surface area (Å²) < 4.78 is 13.3. The van der Waals surface area contributed by atoms with E-state index in [1.54, 1.807) is 6.92 Å². The van der Waals surface area contributed by atoms with Gasteiger partial charge >= 0.3 is 0 Å². The lowest BCUT2D eigenvalue weighted by Gasteiger charge is -2.33. The molecule has 5 heteroatoms. The van der Waals surface area contributed by atoms with Crippen molar-refractivity contribution in [3.63, 3.8) is 0 Å². The van der Waals surface area contributed by atoms with Crippen LogP contribution in [0.2, 0.25) is 5.02 Å². The number of amides is 1. The van der Waals surface area contributed by atoms with Crippen molar-refractivity contribution in [2.24, 2.45) is 11.3 Å². The Morgan fingerprint density at radius 3 is 2.52 bits per heavy atom.